The molecule has 2 aromatic heterocycles. The fourth-order valence-electron chi connectivity index (χ4n) is 3.13. The minimum atomic E-state index is 0.512. The van der Waals surface area contributed by atoms with E-state index in [1.165, 1.54) is 12.8 Å². The molecule has 4 aromatic rings. The first-order valence-corrected chi connectivity index (χ1v) is 10.3. The van der Waals surface area contributed by atoms with Crippen molar-refractivity contribution in [2.24, 2.45) is 0 Å². The molecule has 140 valence electrons. The molecule has 0 amide bonds. The monoisotopic (exact) mass is 389 g/mol. The van der Waals surface area contributed by atoms with Gasteiger partial charge < -0.3 is 4.42 Å². The van der Waals surface area contributed by atoms with Crippen LogP contribution in [-0.2, 0) is 5.75 Å². The quantitative estimate of drug-likeness (QED) is 0.441. The molecule has 0 N–H and O–H groups in total. The zero-order chi connectivity index (χ0) is 18.9. The van der Waals surface area contributed by atoms with Crippen molar-refractivity contribution in [3.8, 4) is 17.1 Å². The Bertz CT molecular complexity index is 1100. The molecule has 6 nitrogen and oxygen atoms in total. The van der Waals surface area contributed by atoms with Crippen LogP contribution in [0.5, 0.6) is 0 Å². The highest BCUT2D eigenvalue weighted by Gasteiger charge is 2.31. The number of hydrogen-bond donors (Lipinski definition) is 0. The number of benzene rings is 2. The Morgan fingerprint density at radius 2 is 1.86 bits per heavy atom. The molecule has 0 saturated heterocycles. The predicted molar refractivity (Wildman–Crippen MR) is 107 cm³/mol. The van der Waals surface area contributed by atoms with Crippen LogP contribution in [0.25, 0.3) is 17.1 Å². The molecule has 28 heavy (non-hydrogen) atoms. The van der Waals surface area contributed by atoms with Crippen LogP contribution >= 0.6 is 11.8 Å². The summed E-state index contributed by atoms with van der Waals surface area (Å²) in [6.45, 7) is 2.05. The molecule has 2 aromatic carbocycles. The molecule has 0 aliphatic heterocycles. The van der Waals surface area contributed by atoms with E-state index in [2.05, 4.69) is 37.1 Å². The van der Waals surface area contributed by atoms with Crippen molar-refractivity contribution in [2.45, 2.75) is 36.6 Å². The number of rotatable bonds is 6. The molecule has 7 heteroatoms. The van der Waals surface area contributed by atoms with Crippen molar-refractivity contribution >= 4 is 11.8 Å². The van der Waals surface area contributed by atoms with E-state index in [9.17, 15) is 0 Å². The van der Waals surface area contributed by atoms with Gasteiger partial charge in [-0.05, 0) is 44.0 Å². The largest absolute Gasteiger partial charge is 0.420 e. The molecule has 1 aliphatic rings. The van der Waals surface area contributed by atoms with E-state index in [4.69, 9.17) is 4.42 Å². The highest BCUT2D eigenvalue weighted by Crippen LogP contribution is 2.41. The highest BCUT2D eigenvalue weighted by molar-refractivity contribution is 7.98. The van der Waals surface area contributed by atoms with E-state index in [1.807, 2.05) is 49.4 Å². The second-order valence-electron chi connectivity index (χ2n) is 6.95. The molecular weight excluding hydrogens is 370 g/mol. The second kappa shape index (κ2) is 7.24. The Balaban J connectivity index is 1.38. The number of para-hydroxylation sites is 1. The maximum absolute atomic E-state index is 5.86. The van der Waals surface area contributed by atoms with Crippen molar-refractivity contribution < 1.29 is 4.42 Å². The maximum Gasteiger partial charge on any atom is 0.247 e. The standard InChI is InChI=1S/C21H19N5OS/c1-14-6-5-7-16(12-14)20-24-22-18(27-20)13-28-21-25-23-19(15-10-11-15)26(21)17-8-3-2-4-9-17/h2-9,12,15H,10-11,13H2,1H3. The van der Waals surface area contributed by atoms with Crippen LogP contribution in [0.4, 0.5) is 0 Å². The van der Waals surface area contributed by atoms with Crippen LogP contribution in [0.15, 0.2) is 64.2 Å². The van der Waals surface area contributed by atoms with Gasteiger partial charge in [0.05, 0.1) is 5.75 Å². The Hall–Kier alpha value is -2.93. The van der Waals surface area contributed by atoms with Gasteiger partial charge in [-0.25, -0.2) is 0 Å². The Labute approximate surface area is 167 Å². The van der Waals surface area contributed by atoms with E-state index in [1.54, 1.807) is 11.8 Å². The third-order valence-electron chi connectivity index (χ3n) is 4.67. The summed E-state index contributed by atoms with van der Waals surface area (Å²) in [5, 5.41) is 18.1. The summed E-state index contributed by atoms with van der Waals surface area (Å²) in [6, 6.07) is 18.3. The van der Waals surface area contributed by atoms with Crippen LogP contribution in [-0.4, -0.2) is 25.0 Å². The van der Waals surface area contributed by atoms with E-state index in [-0.39, 0.29) is 0 Å². The minimum absolute atomic E-state index is 0.512. The van der Waals surface area contributed by atoms with Gasteiger partial charge in [0.2, 0.25) is 11.8 Å². The molecule has 0 bridgehead atoms. The van der Waals surface area contributed by atoms with Gasteiger partial charge in [-0.1, -0.05) is 47.7 Å². The van der Waals surface area contributed by atoms with E-state index in [0.29, 0.717) is 23.5 Å². The van der Waals surface area contributed by atoms with Gasteiger partial charge >= 0.3 is 0 Å². The lowest BCUT2D eigenvalue weighted by molar-refractivity contribution is 0.528. The van der Waals surface area contributed by atoms with Gasteiger partial charge in [-0.15, -0.1) is 20.4 Å². The predicted octanol–water partition coefficient (Wildman–Crippen LogP) is 4.80. The molecule has 0 spiro atoms. The van der Waals surface area contributed by atoms with E-state index >= 15 is 0 Å². The average Bonchev–Trinajstić information content (AvgIpc) is 3.30. The molecule has 0 radical (unpaired) electrons. The molecule has 5 rings (SSSR count). The van der Waals surface area contributed by atoms with Gasteiger partial charge in [0, 0.05) is 17.2 Å². The molecule has 2 heterocycles. The summed E-state index contributed by atoms with van der Waals surface area (Å²) < 4.78 is 8.01. The summed E-state index contributed by atoms with van der Waals surface area (Å²) in [4.78, 5) is 0. The fourth-order valence-corrected chi connectivity index (χ4v) is 3.93. The summed E-state index contributed by atoms with van der Waals surface area (Å²) in [7, 11) is 0. The maximum atomic E-state index is 5.86. The highest BCUT2D eigenvalue weighted by atomic mass is 32.2. The first-order chi connectivity index (χ1) is 13.8. The van der Waals surface area contributed by atoms with E-state index in [0.717, 1.165) is 27.8 Å². The number of aromatic nitrogens is 5. The third kappa shape index (κ3) is 3.45. The minimum Gasteiger partial charge on any atom is -0.420 e. The first-order valence-electron chi connectivity index (χ1n) is 9.31. The molecule has 1 aliphatic carbocycles. The SMILES string of the molecule is Cc1cccc(-c2nnc(CSc3nnc(C4CC4)n3-c3ccccc3)o2)c1. The van der Waals surface area contributed by atoms with Gasteiger partial charge in [0.25, 0.3) is 0 Å². The van der Waals surface area contributed by atoms with E-state index < -0.39 is 0 Å². The van der Waals surface area contributed by atoms with Gasteiger partial charge in [0.1, 0.15) is 5.82 Å². The fraction of sp³-hybridized carbons (Fsp3) is 0.238. The number of thioether (sulfide) groups is 1. The lowest BCUT2D eigenvalue weighted by Gasteiger charge is -2.08. The molecular formula is C21H19N5OS. The van der Waals surface area contributed by atoms with Crippen LogP contribution in [0.1, 0.15) is 36.0 Å². The van der Waals surface area contributed by atoms with Crippen LogP contribution in [0.3, 0.4) is 0 Å². The summed E-state index contributed by atoms with van der Waals surface area (Å²) >= 11 is 1.57. The summed E-state index contributed by atoms with van der Waals surface area (Å²) in [5.41, 5.74) is 3.19. The van der Waals surface area contributed by atoms with Gasteiger partial charge in [-0.2, -0.15) is 0 Å². The lowest BCUT2D eigenvalue weighted by atomic mass is 10.1. The molecule has 0 unspecified atom stereocenters. The smallest absolute Gasteiger partial charge is 0.247 e. The first kappa shape index (κ1) is 17.2. The van der Waals surface area contributed by atoms with Crippen LogP contribution in [0.2, 0.25) is 0 Å². The summed E-state index contributed by atoms with van der Waals surface area (Å²) in [6.07, 6.45) is 2.36. The van der Waals surface area contributed by atoms with Crippen LogP contribution < -0.4 is 0 Å². The normalized spacial score (nSPS) is 13.8. The Morgan fingerprint density at radius 1 is 1.00 bits per heavy atom. The van der Waals surface area contributed by atoms with Crippen molar-refractivity contribution in [1.82, 2.24) is 25.0 Å². The average molecular weight is 389 g/mol. The topological polar surface area (TPSA) is 69.6 Å². The Kier molecular flexibility index (Phi) is 4.44. The van der Waals surface area contributed by atoms with Gasteiger partial charge in [0.15, 0.2) is 5.16 Å². The van der Waals surface area contributed by atoms with Crippen LogP contribution in [0, 0.1) is 6.92 Å². The molecule has 0 atom stereocenters. The lowest BCUT2D eigenvalue weighted by Crippen LogP contribution is -2.01. The van der Waals surface area contributed by atoms with Crippen molar-refractivity contribution in [3.05, 3.63) is 71.9 Å². The summed E-state index contributed by atoms with van der Waals surface area (Å²) in [5.74, 6) is 3.23. The van der Waals surface area contributed by atoms with Gasteiger partial charge in [-0.3, -0.25) is 4.57 Å². The zero-order valence-corrected chi connectivity index (χ0v) is 16.3. The van der Waals surface area contributed by atoms with Crippen molar-refractivity contribution in [2.75, 3.05) is 0 Å². The third-order valence-corrected chi connectivity index (χ3v) is 5.59. The molecule has 1 fully saturated rings. The van der Waals surface area contributed by atoms with Crippen molar-refractivity contribution in [3.63, 3.8) is 0 Å². The van der Waals surface area contributed by atoms with Crippen molar-refractivity contribution in [1.29, 1.82) is 0 Å². The zero-order valence-electron chi connectivity index (χ0n) is 15.4. The number of nitrogens with zero attached hydrogens (tertiary/aromatic N) is 5. The molecule has 1 saturated carbocycles. The number of aryl methyl sites for hydroxylation is 1. The Morgan fingerprint density at radius 3 is 2.64 bits per heavy atom. The second-order valence-corrected chi connectivity index (χ2v) is 7.89. The number of hydrogen-bond acceptors (Lipinski definition) is 6.